The third-order valence-electron chi connectivity index (χ3n) is 4.39. The topological polar surface area (TPSA) is 35.0 Å². The van der Waals surface area contributed by atoms with E-state index in [0.29, 0.717) is 18.3 Å². The van der Waals surface area contributed by atoms with Crippen LogP contribution in [0.5, 0.6) is 5.75 Å². The molecule has 21 heavy (non-hydrogen) atoms. The summed E-state index contributed by atoms with van der Waals surface area (Å²) in [5, 5.41) is 0. The van der Waals surface area contributed by atoms with Gasteiger partial charge in [-0.3, -0.25) is 0 Å². The average molecular weight is 286 g/mol. The molecule has 1 aliphatic rings. The van der Waals surface area contributed by atoms with Gasteiger partial charge in [0.25, 0.3) is 0 Å². The summed E-state index contributed by atoms with van der Waals surface area (Å²) in [5.41, 5.74) is 1.77. The number of hydrogen-bond donors (Lipinski definition) is 0. The van der Waals surface area contributed by atoms with Gasteiger partial charge in [0.15, 0.2) is 5.75 Å². The molecule has 0 saturated heterocycles. The zero-order chi connectivity index (χ0) is 15.0. The Kier molecular flexibility index (Phi) is 3.40. The van der Waals surface area contributed by atoms with E-state index < -0.39 is 0 Å². The maximum absolute atomic E-state index is 13.5. The minimum Gasteiger partial charge on any atom is -0.489 e. The smallest absolute Gasteiger partial charge is 0.158 e. The Bertz CT molecular complexity index is 674. The lowest BCUT2D eigenvalue weighted by Crippen LogP contribution is -2.20. The second-order valence-corrected chi connectivity index (χ2v) is 5.93. The Labute approximate surface area is 124 Å². The van der Waals surface area contributed by atoms with Crippen molar-refractivity contribution in [2.24, 2.45) is 5.92 Å². The van der Waals surface area contributed by atoms with E-state index in [1.165, 1.54) is 6.07 Å². The predicted molar refractivity (Wildman–Crippen MR) is 78.9 cm³/mol. The van der Waals surface area contributed by atoms with Gasteiger partial charge < -0.3 is 4.74 Å². The van der Waals surface area contributed by atoms with Gasteiger partial charge in [0.05, 0.1) is 18.5 Å². The van der Waals surface area contributed by atoms with Crippen molar-refractivity contribution in [2.75, 3.05) is 6.61 Å². The fraction of sp³-hybridized carbons (Fsp3) is 0.412. The van der Waals surface area contributed by atoms with E-state index in [2.05, 4.69) is 16.9 Å². The van der Waals surface area contributed by atoms with Crippen molar-refractivity contribution in [1.29, 1.82) is 0 Å². The highest BCUT2D eigenvalue weighted by Gasteiger charge is 2.53. The summed E-state index contributed by atoms with van der Waals surface area (Å²) in [5.74, 6) is 1.74. The van der Waals surface area contributed by atoms with Crippen LogP contribution in [0.1, 0.15) is 30.4 Å². The molecular formula is C17H19FN2O. The molecular weight excluding hydrogens is 267 g/mol. The molecule has 1 aromatic carbocycles. The Morgan fingerprint density at radius 2 is 2.14 bits per heavy atom. The predicted octanol–water partition coefficient (Wildman–Crippen LogP) is 3.59. The van der Waals surface area contributed by atoms with Crippen LogP contribution in [0.15, 0.2) is 30.5 Å². The van der Waals surface area contributed by atoms with E-state index >= 15 is 0 Å². The monoisotopic (exact) mass is 286 g/mol. The molecule has 0 radical (unpaired) electrons. The zero-order valence-corrected chi connectivity index (χ0v) is 12.6. The molecule has 3 nitrogen and oxygen atoms in total. The van der Waals surface area contributed by atoms with E-state index in [1.807, 2.05) is 19.9 Å². The van der Waals surface area contributed by atoms with Gasteiger partial charge in [0.1, 0.15) is 11.6 Å². The molecule has 0 bridgehead atoms. The van der Waals surface area contributed by atoms with Crippen molar-refractivity contribution >= 4 is 0 Å². The molecule has 3 rings (SSSR count). The summed E-state index contributed by atoms with van der Waals surface area (Å²) in [6.45, 7) is 6.47. The molecule has 1 unspecified atom stereocenters. The fourth-order valence-corrected chi connectivity index (χ4v) is 2.89. The van der Waals surface area contributed by atoms with E-state index in [-0.39, 0.29) is 11.2 Å². The van der Waals surface area contributed by atoms with Crippen LogP contribution in [0.2, 0.25) is 0 Å². The maximum Gasteiger partial charge on any atom is 0.158 e. The van der Waals surface area contributed by atoms with Crippen molar-refractivity contribution < 1.29 is 9.13 Å². The lowest BCUT2D eigenvalue weighted by molar-refractivity contribution is 0.265. The molecule has 110 valence electrons. The van der Waals surface area contributed by atoms with Gasteiger partial charge in [-0.2, -0.15) is 0 Å². The van der Waals surface area contributed by atoms with Gasteiger partial charge in [-0.1, -0.05) is 19.1 Å². The van der Waals surface area contributed by atoms with Crippen molar-refractivity contribution in [2.45, 2.75) is 32.6 Å². The van der Waals surface area contributed by atoms with Crippen molar-refractivity contribution in [3.8, 4) is 5.75 Å². The van der Waals surface area contributed by atoms with Gasteiger partial charge in [0.2, 0.25) is 0 Å². The first kappa shape index (κ1) is 14.0. The van der Waals surface area contributed by atoms with Crippen LogP contribution >= 0.6 is 0 Å². The molecule has 2 atom stereocenters. The number of hydrogen-bond acceptors (Lipinski definition) is 3. The molecule has 0 aliphatic heterocycles. The molecule has 1 heterocycles. The van der Waals surface area contributed by atoms with Crippen molar-refractivity contribution in [3.63, 3.8) is 0 Å². The number of halogens is 1. The molecule has 2 aromatic rings. The number of nitrogens with zero attached hydrogens (tertiary/aromatic N) is 2. The van der Waals surface area contributed by atoms with Crippen LogP contribution < -0.4 is 4.74 Å². The van der Waals surface area contributed by atoms with Crippen LogP contribution in [0, 0.1) is 25.6 Å². The number of aromatic nitrogens is 2. The second kappa shape index (κ2) is 5.10. The van der Waals surface area contributed by atoms with E-state index in [4.69, 9.17) is 4.74 Å². The molecule has 0 spiro atoms. The number of aryl methyl sites for hydroxylation is 2. The highest BCUT2D eigenvalue weighted by atomic mass is 19.1. The number of ether oxygens (including phenoxy) is 1. The molecule has 1 aromatic heterocycles. The quantitative estimate of drug-likeness (QED) is 0.861. The standard InChI is InChI=1S/C17H19FN2O/c1-11-8-17(11,14-5-4-6-15(18)7-14)10-21-16-9-19-13(3)20-12(16)2/h4-7,9,11H,8,10H2,1-3H3/t11?,17-/m0/s1. The summed E-state index contributed by atoms with van der Waals surface area (Å²) < 4.78 is 19.4. The summed E-state index contributed by atoms with van der Waals surface area (Å²) in [6.07, 6.45) is 2.73. The van der Waals surface area contributed by atoms with Gasteiger partial charge in [-0.15, -0.1) is 0 Å². The first-order chi connectivity index (χ1) is 10.0. The van der Waals surface area contributed by atoms with Crippen molar-refractivity contribution in [1.82, 2.24) is 9.97 Å². The molecule has 0 N–H and O–H groups in total. The third kappa shape index (κ3) is 2.62. The van der Waals surface area contributed by atoms with Gasteiger partial charge >= 0.3 is 0 Å². The molecule has 4 heteroatoms. The Morgan fingerprint density at radius 3 is 2.76 bits per heavy atom. The second-order valence-electron chi connectivity index (χ2n) is 5.93. The SMILES string of the molecule is Cc1ncc(OC[C@@]2(c3cccc(F)c3)CC2C)c(C)n1. The van der Waals surface area contributed by atoms with Crippen LogP contribution in [0.3, 0.4) is 0 Å². The van der Waals surface area contributed by atoms with E-state index in [1.54, 1.807) is 18.3 Å². The summed E-state index contributed by atoms with van der Waals surface area (Å²) in [6, 6.07) is 6.83. The van der Waals surface area contributed by atoms with Crippen LogP contribution in [0.25, 0.3) is 0 Å². The fourth-order valence-electron chi connectivity index (χ4n) is 2.89. The molecule has 1 fully saturated rings. The van der Waals surface area contributed by atoms with Crippen molar-refractivity contribution in [3.05, 3.63) is 53.4 Å². The van der Waals surface area contributed by atoms with E-state index in [0.717, 1.165) is 23.5 Å². The largest absolute Gasteiger partial charge is 0.489 e. The minimum atomic E-state index is -0.194. The summed E-state index contributed by atoms with van der Waals surface area (Å²) in [7, 11) is 0. The normalized spacial score (nSPS) is 23.9. The zero-order valence-electron chi connectivity index (χ0n) is 12.6. The van der Waals surface area contributed by atoms with Gasteiger partial charge in [0, 0.05) is 5.41 Å². The molecule has 1 aliphatic carbocycles. The Balaban J connectivity index is 1.79. The number of benzene rings is 1. The van der Waals surface area contributed by atoms with Crippen LogP contribution in [-0.4, -0.2) is 16.6 Å². The maximum atomic E-state index is 13.5. The van der Waals surface area contributed by atoms with E-state index in [9.17, 15) is 4.39 Å². The Morgan fingerprint density at radius 1 is 1.38 bits per heavy atom. The molecule has 1 saturated carbocycles. The first-order valence-corrected chi connectivity index (χ1v) is 7.20. The lowest BCUT2D eigenvalue weighted by atomic mass is 9.94. The van der Waals surface area contributed by atoms with Crippen LogP contribution in [-0.2, 0) is 5.41 Å². The third-order valence-corrected chi connectivity index (χ3v) is 4.39. The highest BCUT2D eigenvalue weighted by Crippen LogP contribution is 2.54. The molecule has 0 amide bonds. The Hall–Kier alpha value is -1.97. The van der Waals surface area contributed by atoms with Crippen LogP contribution in [0.4, 0.5) is 4.39 Å². The minimum absolute atomic E-state index is 0.0839. The summed E-state index contributed by atoms with van der Waals surface area (Å²) >= 11 is 0. The lowest BCUT2D eigenvalue weighted by Gasteiger charge is -2.19. The van der Waals surface area contributed by atoms with Gasteiger partial charge in [-0.05, 0) is 43.9 Å². The number of rotatable bonds is 4. The first-order valence-electron chi connectivity index (χ1n) is 7.20. The summed E-state index contributed by atoms with van der Waals surface area (Å²) in [4.78, 5) is 8.48. The highest BCUT2D eigenvalue weighted by molar-refractivity contribution is 5.35. The average Bonchev–Trinajstić information content (AvgIpc) is 3.10. The van der Waals surface area contributed by atoms with Gasteiger partial charge in [-0.25, -0.2) is 14.4 Å².